The van der Waals surface area contributed by atoms with Crippen LogP contribution in [0.1, 0.15) is 18.1 Å². The number of hydrogen-bond donors (Lipinski definition) is 1. The highest BCUT2D eigenvalue weighted by Gasteiger charge is 2.34. The molecule has 1 aromatic carbocycles. The molecular weight excluding hydrogens is 276 g/mol. The zero-order valence-corrected chi connectivity index (χ0v) is 10.4. The van der Waals surface area contributed by atoms with Crippen molar-refractivity contribution in [3.63, 3.8) is 0 Å². The van der Waals surface area contributed by atoms with Crippen molar-refractivity contribution in [2.45, 2.75) is 19.5 Å². The lowest BCUT2D eigenvalue weighted by molar-refractivity contribution is -0.139. The molecule has 0 atom stereocenters. The molecule has 1 heterocycles. The first-order valence-electron chi connectivity index (χ1n) is 5.78. The minimum Gasteiger partial charge on any atom is -0.313 e. The van der Waals surface area contributed by atoms with E-state index in [1.807, 2.05) is 0 Å². The van der Waals surface area contributed by atoms with Gasteiger partial charge in [0.1, 0.15) is 5.82 Å². The molecule has 7 heteroatoms. The Balaban J connectivity index is 2.66. The second kappa shape index (κ2) is 5.07. The quantitative estimate of drug-likeness (QED) is 0.862. The molecule has 1 aromatic heterocycles. The summed E-state index contributed by atoms with van der Waals surface area (Å²) in [5.74, 6) is -1.36. The number of halogens is 4. The molecule has 1 N–H and O–H groups in total. The van der Waals surface area contributed by atoms with Gasteiger partial charge in [0.15, 0.2) is 0 Å². The highest BCUT2D eigenvalue weighted by atomic mass is 19.4. The van der Waals surface area contributed by atoms with Crippen molar-refractivity contribution in [1.82, 2.24) is 9.97 Å². The fourth-order valence-electron chi connectivity index (χ4n) is 1.89. The highest BCUT2D eigenvalue weighted by molar-refractivity contribution is 5.63. The van der Waals surface area contributed by atoms with E-state index in [4.69, 9.17) is 0 Å². The zero-order valence-electron chi connectivity index (χ0n) is 10.4. The third kappa shape index (κ3) is 2.56. The molecule has 0 amide bonds. The van der Waals surface area contributed by atoms with Gasteiger partial charge in [-0.3, -0.25) is 4.79 Å². The Morgan fingerprint density at radius 2 is 2.00 bits per heavy atom. The van der Waals surface area contributed by atoms with Crippen LogP contribution < -0.4 is 5.56 Å². The van der Waals surface area contributed by atoms with Crippen LogP contribution in [0.25, 0.3) is 11.3 Å². The van der Waals surface area contributed by atoms with Gasteiger partial charge in [0, 0.05) is 11.1 Å². The Kier molecular flexibility index (Phi) is 3.61. The first-order valence-corrected chi connectivity index (χ1v) is 5.78. The molecule has 20 heavy (non-hydrogen) atoms. The second-order valence-electron chi connectivity index (χ2n) is 4.10. The molecular formula is C13H10F4N2O. The summed E-state index contributed by atoms with van der Waals surface area (Å²) in [5.41, 5.74) is -1.36. The number of alkyl halides is 3. The molecule has 0 radical (unpaired) electrons. The van der Waals surface area contributed by atoms with Gasteiger partial charge in [0.2, 0.25) is 0 Å². The van der Waals surface area contributed by atoms with Crippen LogP contribution in [0, 0.1) is 5.82 Å². The number of hydrogen-bond acceptors (Lipinski definition) is 2. The molecule has 0 saturated carbocycles. The molecule has 0 aliphatic rings. The predicted molar refractivity (Wildman–Crippen MR) is 64.6 cm³/mol. The van der Waals surface area contributed by atoms with E-state index in [-0.39, 0.29) is 16.8 Å². The minimum atomic E-state index is -4.80. The summed E-state index contributed by atoms with van der Waals surface area (Å²) in [6, 6.07) is 2.56. The van der Waals surface area contributed by atoms with Gasteiger partial charge < -0.3 is 4.98 Å². The van der Waals surface area contributed by atoms with E-state index in [9.17, 15) is 22.4 Å². The fraction of sp³-hybridized carbons (Fsp3) is 0.231. The lowest BCUT2D eigenvalue weighted by Crippen LogP contribution is -2.14. The highest BCUT2D eigenvalue weighted by Crippen LogP contribution is 2.34. The van der Waals surface area contributed by atoms with Crippen LogP contribution in [-0.2, 0) is 12.6 Å². The lowest BCUT2D eigenvalue weighted by Gasteiger charge is -2.11. The van der Waals surface area contributed by atoms with E-state index < -0.39 is 23.1 Å². The lowest BCUT2D eigenvalue weighted by atomic mass is 10.0. The van der Waals surface area contributed by atoms with Gasteiger partial charge in [-0.25, -0.2) is 9.37 Å². The van der Waals surface area contributed by atoms with E-state index in [1.54, 1.807) is 6.92 Å². The van der Waals surface area contributed by atoms with Crippen LogP contribution >= 0.6 is 0 Å². The van der Waals surface area contributed by atoms with Crippen molar-refractivity contribution in [3.8, 4) is 11.3 Å². The third-order valence-corrected chi connectivity index (χ3v) is 2.85. The summed E-state index contributed by atoms with van der Waals surface area (Å²) < 4.78 is 51.3. The normalized spacial score (nSPS) is 11.7. The standard InChI is InChI=1S/C13H10F4N2O/c1-2-8-11(18-6-19-12(8)20)7-3-4-10(14)9(5-7)13(15,16)17/h3-6H,2H2,1H3,(H,18,19,20). The monoisotopic (exact) mass is 286 g/mol. The third-order valence-electron chi connectivity index (χ3n) is 2.85. The summed E-state index contributed by atoms with van der Waals surface area (Å²) in [6.07, 6.45) is -3.39. The van der Waals surface area contributed by atoms with Crippen molar-refractivity contribution in [2.75, 3.05) is 0 Å². The molecule has 0 aliphatic heterocycles. The molecule has 2 rings (SSSR count). The topological polar surface area (TPSA) is 45.8 Å². The van der Waals surface area contributed by atoms with Crippen LogP contribution in [0.5, 0.6) is 0 Å². The summed E-state index contributed by atoms with van der Waals surface area (Å²) in [6.45, 7) is 1.68. The number of aromatic nitrogens is 2. The summed E-state index contributed by atoms with van der Waals surface area (Å²) >= 11 is 0. The summed E-state index contributed by atoms with van der Waals surface area (Å²) in [5, 5.41) is 0. The summed E-state index contributed by atoms with van der Waals surface area (Å²) in [7, 11) is 0. The van der Waals surface area contributed by atoms with E-state index >= 15 is 0 Å². The largest absolute Gasteiger partial charge is 0.419 e. The van der Waals surface area contributed by atoms with Crippen LogP contribution in [0.3, 0.4) is 0 Å². The number of H-pyrrole nitrogens is 1. The van der Waals surface area contributed by atoms with Crippen molar-refractivity contribution in [3.05, 3.63) is 51.8 Å². The average molecular weight is 286 g/mol. The fourth-order valence-corrected chi connectivity index (χ4v) is 1.89. The van der Waals surface area contributed by atoms with Crippen LogP contribution in [-0.4, -0.2) is 9.97 Å². The van der Waals surface area contributed by atoms with Crippen molar-refractivity contribution in [2.24, 2.45) is 0 Å². The number of benzene rings is 1. The zero-order chi connectivity index (χ0) is 14.9. The van der Waals surface area contributed by atoms with Gasteiger partial charge in [0.25, 0.3) is 5.56 Å². The van der Waals surface area contributed by atoms with E-state index in [0.29, 0.717) is 12.5 Å². The second-order valence-corrected chi connectivity index (χ2v) is 4.10. The number of aromatic amines is 1. The summed E-state index contributed by atoms with van der Waals surface area (Å²) in [4.78, 5) is 17.8. The Morgan fingerprint density at radius 1 is 1.30 bits per heavy atom. The number of nitrogens with one attached hydrogen (secondary N) is 1. The maximum Gasteiger partial charge on any atom is 0.419 e. The van der Waals surface area contributed by atoms with Crippen LogP contribution in [0.2, 0.25) is 0 Å². The van der Waals surface area contributed by atoms with E-state index in [1.165, 1.54) is 6.07 Å². The maximum absolute atomic E-state index is 13.2. The first kappa shape index (κ1) is 14.2. The van der Waals surface area contributed by atoms with E-state index in [0.717, 1.165) is 12.4 Å². The van der Waals surface area contributed by atoms with Crippen LogP contribution in [0.4, 0.5) is 17.6 Å². The van der Waals surface area contributed by atoms with Gasteiger partial charge in [-0.1, -0.05) is 6.92 Å². The molecule has 0 saturated heterocycles. The molecule has 2 aromatic rings. The minimum absolute atomic E-state index is 0.0571. The van der Waals surface area contributed by atoms with Gasteiger partial charge >= 0.3 is 6.18 Å². The first-order chi connectivity index (χ1) is 9.34. The molecule has 0 spiro atoms. The van der Waals surface area contributed by atoms with E-state index in [2.05, 4.69) is 9.97 Å². The Hall–Kier alpha value is -2.18. The Bertz CT molecular complexity index is 692. The van der Waals surface area contributed by atoms with Gasteiger partial charge in [-0.2, -0.15) is 13.2 Å². The molecule has 106 valence electrons. The van der Waals surface area contributed by atoms with Crippen molar-refractivity contribution < 1.29 is 17.6 Å². The van der Waals surface area contributed by atoms with Crippen molar-refractivity contribution in [1.29, 1.82) is 0 Å². The maximum atomic E-state index is 13.2. The Labute approximate surface area is 111 Å². The number of nitrogens with zero attached hydrogens (tertiary/aromatic N) is 1. The average Bonchev–Trinajstić information content (AvgIpc) is 2.37. The van der Waals surface area contributed by atoms with Crippen LogP contribution in [0.15, 0.2) is 29.3 Å². The Morgan fingerprint density at radius 3 is 2.60 bits per heavy atom. The van der Waals surface area contributed by atoms with Gasteiger partial charge in [0.05, 0.1) is 17.6 Å². The van der Waals surface area contributed by atoms with Gasteiger partial charge in [-0.05, 0) is 24.6 Å². The molecule has 0 aliphatic carbocycles. The molecule has 0 bridgehead atoms. The smallest absolute Gasteiger partial charge is 0.313 e. The number of rotatable bonds is 2. The molecule has 0 unspecified atom stereocenters. The SMILES string of the molecule is CCc1c(-c2ccc(F)c(C(F)(F)F)c2)nc[nH]c1=O. The van der Waals surface area contributed by atoms with Crippen molar-refractivity contribution >= 4 is 0 Å². The molecule has 3 nitrogen and oxygen atoms in total. The predicted octanol–water partition coefficient (Wildman–Crippen LogP) is 3.16. The van der Waals surface area contributed by atoms with Gasteiger partial charge in [-0.15, -0.1) is 0 Å². The molecule has 0 fully saturated rings.